The fraction of sp³-hybridized carbons (Fsp3) is 0.133. The van der Waals surface area contributed by atoms with Crippen molar-refractivity contribution >= 4 is 22.8 Å². The third kappa shape index (κ3) is 8.40. The molecule has 0 unspecified atom stereocenters. The van der Waals surface area contributed by atoms with Gasteiger partial charge >= 0.3 is 0 Å². The van der Waals surface area contributed by atoms with E-state index in [0.717, 1.165) is 33.9 Å². The number of para-hydroxylation sites is 2. The second-order valence-corrected chi connectivity index (χ2v) is 7.90. The van der Waals surface area contributed by atoms with Crippen molar-refractivity contribution in [3.05, 3.63) is 115 Å². The van der Waals surface area contributed by atoms with Crippen LogP contribution in [0, 0.1) is 6.07 Å². The second-order valence-electron chi connectivity index (χ2n) is 7.90. The molecule has 0 atom stereocenters. The number of carbonyl (C=O) groups excluding carboxylic acids is 1. The summed E-state index contributed by atoms with van der Waals surface area (Å²) in [5.41, 5.74) is 5.30. The van der Waals surface area contributed by atoms with Gasteiger partial charge in [-0.3, -0.25) is 4.79 Å². The molecule has 1 aromatic heterocycles. The van der Waals surface area contributed by atoms with Crippen LogP contribution in [0.4, 0.5) is 17.1 Å². The van der Waals surface area contributed by atoms with Gasteiger partial charge in [0.15, 0.2) is 5.78 Å². The molecule has 0 amide bonds. The number of hydrogen-bond donors (Lipinski definition) is 2. The molecule has 4 aromatic rings. The van der Waals surface area contributed by atoms with Crippen LogP contribution in [0.15, 0.2) is 103 Å². The van der Waals surface area contributed by atoms with E-state index in [1.165, 1.54) is 19.9 Å². The van der Waals surface area contributed by atoms with E-state index in [1.807, 2.05) is 54.6 Å². The third-order valence-corrected chi connectivity index (χ3v) is 5.10. The van der Waals surface area contributed by atoms with Gasteiger partial charge in [-0.15, -0.1) is 17.7 Å². The molecule has 37 heavy (non-hydrogen) atoms. The van der Waals surface area contributed by atoms with Crippen LogP contribution in [0.5, 0.6) is 5.75 Å². The molecule has 2 N–H and O–H groups in total. The maximum absolute atomic E-state index is 10.0. The van der Waals surface area contributed by atoms with Gasteiger partial charge in [0, 0.05) is 61.8 Å². The molecule has 0 fully saturated rings. The van der Waals surface area contributed by atoms with Crippen LogP contribution in [0.3, 0.4) is 0 Å². The van der Waals surface area contributed by atoms with E-state index in [4.69, 9.17) is 9.84 Å². The van der Waals surface area contributed by atoms with E-state index >= 15 is 0 Å². The summed E-state index contributed by atoms with van der Waals surface area (Å²) in [6, 6.07) is 31.2. The SMILES string of the molecule is CC(=O)/C=C(/C)O.COc1c[c-]c(-c2cc(N(c3ccccc3)c3ccccc3)ccn2)c(CO)c1.[Ir]. The maximum atomic E-state index is 10.0. The van der Waals surface area contributed by atoms with Crippen molar-refractivity contribution in [1.82, 2.24) is 4.98 Å². The first-order chi connectivity index (χ1) is 17.4. The fourth-order valence-corrected chi connectivity index (χ4v) is 3.59. The normalized spacial score (nSPS) is 10.4. The predicted molar refractivity (Wildman–Crippen MR) is 143 cm³/mol. The topological polar surface area (TPSA) is 82.9 Å². The van der Waals surface area contributed by atoms with Crippen molar-refractivity contribution in [2.24, 2.45) is 0 Å². The number of aliphatic hydroxyl groups excluding tert-OH is 2. The first-order valence-electron chi connectivity index (χ1n) is 11.4. The van der Waals surface area contributed by atoms with Crippen molar-refractivity contribution in [2.45, 2.75) is 20.5 Å². The molecule has 6 nitrogen and oxygen atoms in total. The van der Waals surface area contributed by atoms with E-state index in [1.54, 1.807) is 19.4 Å². The molecule has 0 saturated carbocycles. The van der Waals surface area contributed by atoms with Gasteiger partial charge in [0.2, 0.25) is 0 Å². The molecule has 0 aliphatic heterocycles. The zero-order chi connectivity index (χ0) is 25.9. The number of aliphatic hydroxyl groups is 2. The summed E-state index contributed by atoms with van der Waals surface area (Å²) in [4.78, 5) is 16.7. The minimum Gasteiger partial charge on any atom is -0.540 e. The van der Waals surface area contributed by atoms with Crippen LogP contribution in [0.1, 0.15) is 19.4 Å². The van der Waals surface area contributed by atoms with Crippen molar-refractivity contribution in [3.63, 3.8) is 0 Å². The number of ether oxygens (including phenoxy) is 1. The average molecular weight is 674 g/mol. The van der Waals surface area contributed by atoms with Crippen molar-refractivity contribution < 1.29 is 39.8 Å². The standard InChI is InChI=1S/C25H21N2O2.C5H8O2.Ir/c1-29-23-12-13-24(19(16-23)18-28)25-17-22(14-15-26-25)27(20-8-4-2-5-9-20)21-10-6-3-7-11-21;1-4(6)3-5(2)7;/h2-12,14-17,28H,18H2,1H3;3,6H,1-2H3;/q-1;;/b;4-3-;. The molecule has 0 aliphatic carbocycles. The van der Waals surface area contributed by atoms with Crippen LogP contribution in [0.2, 0.25) is 0 Å². The van der Waals surface area contributed by atoms with Gasteiger partial charge in [-0.1, -0.05) is 54.1 Å². The van der Waals surface area contributed by atoms with Crippen LogP contribution >= 0.6 is 0 Å². The Morgan fingerprint density at radius 3 is 2.03 bits per heavy atom. The molecule has 193 valence electrons. The molecule has 4 rings (SSSR count). The van der Waals surface area contributed by atoms with Gasteiger partial charge < -0.3 is 24.8 Å². The van der Waals surface area contributed by atoms with Gasteiger partial charge in [0.1, 0.15) is 0 Å². The van der Waals surface area contributed by atoms with E-state index in [9.17, 15) is 9.90 Å². The Balaban J connectivity index is 0.000000532. The number of aromatic nitrogens is 1. The first-order valence-corrected chi connectivity index (χ1v) is 11.4. The Labute approximate surface area is 231 Å². The number of carbonyl (C=O) groups is 1. The van der Waals surface area contributed by atoms with Gasteiger partial charge in [0.05, 0.1) is 12.9 Å². The summed E-state index contributed by atoms with van der Waals surface area (Å²) in [6.45, 7) is 2.73. The quantitative estimate of drug-likeness (QED) is 0.132. The molecular formula is C30H29IrN2O4-. The average Bonchev–Trinajstić information content (AvgIpc) is 2.89. The fourth-order valence-electron chi connectivity index (χ4n) is 3.59. The number of rotatable bonds is 7. The zero-order valence-corrected chi connectivity index (χ0v) is 23.3. The first kappa shape index (κ1) is 29.5. The Kier molecular flexibility index (Phi) is 11.7. The number of methoxy groups -OCH3 is 1. The minimum absolute atomic E-state index is 0. The van der Waals surface area contributed by atoms with Gasteiger partial charge in [0.25, 0.3) is 0 Å². The minimum atomic E-state index is -0.125. The molecule has 0 aliphatic rings. The number of allylic oxidation sites excluding steroid dienone is 2. The molecule has 0 bridgehead atoms. The Bertz CT molecular complexity index is 1270. The summed E-state index contributed by atoms with van der Waals surface area (Å²) in [7, 11) is 1.60. The van der Waals surface area contributed by atoms with Crippen molar-refractivity contribution in [1.29, 1.82) is 0 Å². The summed E-state index contributed by atoms with van der Waals surface area (Å²) < 4.78 is 5.25. The van der Waals surface area contributed by atoms with Crippen LogP contribution in [-0.2, 0) is 31.5 Å². The van der Waals surface area contributed by atoms with Crippen LogP contribution in [0.25, 0.3) is 11.3 Å². The number of pyridine rings is 1. The molecule has 1 radical (unpaired) electrons. The monoisotopic (exact) mass is 674 g/mol. The summed E-state index contributed by atoms with van der Waals surface area (Å²) in [5, 5.41) is 18.2. The summed E-state index contributed by atoms with van der Waals surface area (Å²) in [6.07, 6.45) is 2.95. The molecule has 3 aromatic carbocycles. The number of ketones is 1. The van der Waals surface area contributed by atoms with E-state index in [-0.39, 0.29) is 38.3 Å². The second kappa shape index (κ2) is 14.7. The number of anilines is 3. The third-order valence-electron chi connectivity index (χ3n) is 5.10. The van der Waals surface area contributed by atoms with Gasteiger partial charge in [-0.05, 0) is 49.9 Å². The smallest absolute Gasteiger partial charge is 0.155 e. The van der Waals surface area contributed by atoms with Gasteiger partial charge in [-0.25, -0.2) is 0 Å². The number of nitrogens with zero attached hydrogens (tertiary/aromatic N) is 2. The Morgan fingerprint density at radius 2 is 1.57 bits per heavy atom. The molecule has 7 heteroatoms. The molecular weight excluding hydrogens is 645 g/mol. The van der Waals surface area contributed by atoms with Crippen LogP contribution < -0.4 is 9.64 Å². The summed E-state index contributed by atoms with van der Waals surface area (Å²) >= 11 is 0. The van der Waals surface area contributed by atoms with Gasteiger partial charge in [-0.2, -0.15) is 0 Å². The predicted octanol–water partition coefficient (Wildman–Crippen LogP) is 6.55. The number of benzene rings is 3. The molecule has 0 saturated heterocycles. The van der Waals surface area contributed by atoms with Crippen LogP contribution in [-0.4, -0.2) is 28.1 Å². The van der Waals surface area contributed by atoms with E-state index < -0.39 is 0 Å². The maximum Gasteiger partial charge on any atom is 0.155 e. The molecule has 1 heterocycles. The summed E-state index contributed by atoms with van der Waals surface area (Å²) in [5.74, 6) is 0.594. The number of hydrogen-bond acceptors (Lipinski definition) is 6. The zero-order valence-electron chi connectivity index (χ0n) is 20.9. The Hall–Kier alpha value is -3.77. The van der Waals surface area contributed by atoms with Crippen molar-refractivity contribution in [2.75, 3.05) is 12.0 Å². The Morgan fingerprint density at radius 1 is 0.973 bits per heavy atom. The van der Waals surface area contributed by atoms with E-state index in [0.29, 0.717) is 5.75 Å². The van der Waals surface area contributed by atoms with E-state index in [2.05, 4.69) is 40.2 Å². The largest absolute Gasteiger partial charge is 0.540 e. The van der Waals surface area contributed by atoms with Crippen molar-refractivity contribution in [3.8, 4) is 17.0 Å². The molecule has 0 spiro atoms.